The predicted molar refractivity (Wildman–Crippen MR) is 166 cm³/mol. The lowest BCUT2D eigenvalue weighted by Crippen LogP contribution is -2.43. The minimum Gasteiger partial charge on any atom is -0.475 e. The monoisotopic (exact) mass is 624 g/mol. The zero-order valence-electron chi connectivity index (χ0n) is 23.8. The first-order valence-electron chi connectivity index (χ1n) is 14.1. The first-order valence-corrected chi connectivity index (χ1v) is 15.9. The molecule has 1 saturated heterocycles. The van der Waals surface area contributed by atoms with Crippen LogP contribution in [0.2, 0.25) is 5.02 Å². The molecule has 9 nitrogen and oxygen atoms in total. The third-order valence-corrected chi connectivity index (χ3v) is 9.84. The van der Waals surface area contributed by atoms with Crippen LogP contribution in [0, 0.1) is 11.3 Å². The second-order valence-electron chi connectivity index (χ2n) is 12.5. The van der Waals surface area contributed by atoms with Gasteiger partial charge in [0.15, 0.2) is 10.6 Å². The molecule has 3 fully saturated rings. The molecule has 2 aliphatic carbocycles. The number of aliphatic hydroxyl groups excluding tert-OH is 1. The largest absolute Gasteiger partial charge is 0.475 e. The second-order valence-corrected chi connectivity index (χ2v) is 14.5. The summed E-state index contributed by atoms with van der Waals surface area (Å²) in [6.07, 6.45) is 5.25. The van der Waals surface area contributed by atoms with Gasteiger partial charge in [-0.3, -0.25) is 4.79 Å². The predicted octanol–water partition coefficient (Wildman–Crippen LogP) is 4.85. The highest BCUT2D eigenvalue weighted by Crippen LogP contribution is 2.45. The highest BCUT2D eigenvalue weighted by molar-refractivity contribution is 7.90. The molecule has 1 aromatic carbocycles. The zero-order valence-corrected chi connectivity index (χ0v) is 26.4. The second kappa shape index (κ2) is 12.2. The Bertz CT molecular complexity index is 1360. The summed E-state index contributed by atoms with van der Waals surface area (Å²) in [5, 5.41) is 13.6. The Kier molecular flexibility index (Phi) is 9.43. The molecule has 0 unspecified atom stereocenters. The van der Waals surface area contributed by atoms with Gasteiger partial charge < -0.3 is 20.1 Å². The van der Waals surface area contributed by atoms with Gasteiger partial charge in [-0.15, -0.1) is 0 Å². The van der Waals surface area contributed by atoms with Gasteiger partial charge in [0.1, 0.15) is 11.6 Å². The first kappa shape index (κ1) is 31.7. The van der Waals surface area contributed by atoms with Crippen LogP contribution in [0.1, 0.15) is 65.7 Å². The quantitative estimate of drug-likeness (QED) is 0.381. The molecule has 2 aromatic rings. The minimum absolute atomic E-state index is 0. The summed E-state index contributed by atoms with van der Waals surface area (Å²) in [5.41, 5.74) is -0.263. The van der Waals surface area contributed by atoms with E-state index in [1.807, 2.05) is 11.0 Å². The van der Waals surface area contributed by atoms with E-state index in [0.29, 0.717) is 60.3 Å². The maximum Gasteiger partial charge on any atom is 0.281 e. The lowest BCUT2D eigenvalue weighted by Gasteiger charge is -2.37. The third kappa shape index (κ3) is 7.42. The van der Waals surface area contributed by atoms with E-state index in [-0.39, 0.29) is 24.6 Å². The number of pyridine rings is 1. The number of carbonyl (C=O) groups excluding carboxylic acids is 1. The number of anilines is 2. The van der Waals surface area contributed by atoms with Gasteiger partial charge in [0.2, 0.25) is 0 Å². The van der Waals surface area contributed by atoms with E-state index in [1.54, 1.807) is 24.3 Å². The van der Waals surface area contributed by atoms with Gasteiger partial charge in [-0.2, -0.15) is 21.9 Å². The van der Waals surface area contributed by atoms with E-state index < -0.39 is 27.6 Å². The van der Waals surface area contributed by atoms with Gasteiger partial charge in [0.25, 0.3) is 15.9 Å². The first-order chi connectivity index (χ1) is 18.8. The van der Waals surface area contributed by atoms with E-state index in [2.05, 4.69) is 35.8 Å². The number of hydrogen-bond acceptors (Lipinski definition) is 8. The fraction of sp³-hybridized carbons (Fsp3) is 0.586. The van der Waals surface area contributed by atoms with E-state index in [1.165, 1.54) is 6.07 Å². The molecule has 0 bridgehead atoms. The topological polar surface area (TPSA) is 121 Å². The van der Waals surface area contributed by atoms with Crippen molar-refractivity contribution in [2.24, 2.45) is 11.3 Å². The number of rotatable bonds is 8. The molecular formula is C29H41ClN4O5S2. The number of benzene rings is 1. The lowest BCUT2D eigenvalue weighted by molar-refractivity contribution is -0.127. The Morgan fingerprint density at radius 2 is 1.83 bits per heavy atom. The highest BCUT2D eigenvalue weighted by atomic mass is 35.5. The summed E-state index contributed by atoms with van der Waals surface area (Å²) >= 11 is 6.29. The SMILES string of the molecule is CC(C)(C)C1CCC(Nc2ccc(Cl)cc2OC2(C(=O)NS(=O)(=O)c3cccc(N4CC[C@H](O)C4)n3)CC2)CC1.S. The van der Waals surface area contributed by atoms with Crippen molar-refractivity contribution in [2.45, 2.75) is 88.5 Å². The van der Waals surface area contributed by atoms with Gasteiger partial charge in [-0.05, 0) is 67.7 Å². The molecule has 5 rings (SSSR count). The third-order valence-electron chi connectivity index (χ3n) is 8.38. The average Bonchev–Trinajstić information content (AvgIpc) is 3.56. The van der Waals surface area contributed by atoms with Gasteiger partial charge in [-0.1, -0.05) is 38.4 Å². The van der Waals surface area contributed by atoms with Gasteiger partial charge >= 0.3 is 0 Å². The Hall–Kier alpha value is -2.21. The maximum absolute atomic E-state index is 13.3. The Morgan fingerprint density at radius 3 is 2.44 bits per heavy atom. The van der Waals surface area contributed by atoms with E-state index in [9.17, 15) is 18.3 Å². The molecule has 41 heavy (non-hydrogen) atoms. The number of halogens is 1. The van der Waals surface area contributed by atoms with Crippen molar-refractivity contribution in [1.29, 1.82) is 0 Å². The molecular weight excluding hydrogens is 584 g/mol. The van der Waals surface area contributed by atoms with Crippen LogP contribution in [0.4, 0.5) is 11.5 Å². The standard InChI is InChI=1S/C29H39ClN4O5S.H2S/c1-28(2,3)19-7-10-21(11-8-19)31-23-12-9-20(30)17-24(23)39-29(14-15-29)27(36)33-40(37,38)26-6-4-5-25(32-26)34-16-13-22(35)18-34;/h4-6,9,12,17,19,21-22,31,35H,7-8,10-11,13-16,18H2,1-3H3,(H,33,36);1H2/t19?,21?,22-;/m0./s1. The van der Waals surface area contributed by atoms with Gasteiger partial charge in [0, 0.05) is 43.1 Å². The van der Waals surface area contributed by atoms with Crippen LogP contribution in [0.25, 0.3) is 0 Å². The molecule has 1 amide bonds. The van der Waals surface area contributed by atoms with Crippen LogP contribution in [0.15, 0.2) is 41.4 Å². The van der Waals surface area contributed by atoms with Crippen LogP contribution >= 0.6 is 25.1 Å². The van der Waals surface area contributed by atoms with E-state index in [0.717, 1.165) is 31.4 Å². The average molecular weight is 625 g/mol. The van der Waals surface area contributed by atoms with Crippen molar-refractivity contribution in [3.05, 3.63) is 41.4 Å². The molecule has 1 aliphatic heterocycles. The number of β-amino-alcohol motifs (C(OH)–C–C–N with tert-alkyl or cyclic N) is 1. The number of ether oxygens (including phenoxy) is 1. The van der Waals surface area contributed by atoms with Crippen LogP contribution in [-0.4, -0.2) is 55.3 Å². The Morgan fingerprint density at radius 1 is 1.12 bits per heavy atom. The number of amides is 1. The van der Waals surface area contributed by atoms with Crippen LogP contribution in [0.5, 0.6) is 5.75 Å². The molecule has 1 atom stereocenters. The van der Waals surface area contributed by atoms with Crippen LogP contribution < -0.4 is 19.7 Å². The zero-order chi connectivity index (χ0) is 28.7. The summed E-state index contributed by atoms with van der Waals surface area (Å²) in [5.74, 6) is 0.829. The Labute approximate surface area is 254 Å². The number of aliphatic hydroxyl groups is 1. The lowest BCUT2D eigenvalue weighted by atomic mass is 9.71. The fourth-order valence-corrected chi connectivity index (χ4v) is 6.84. The molecule has 0 radical (unpaired) electrons. The van der Waals surface area contributed by atoms with Crippen molar-refractivity contribution in [1.82, 2.24) is 9.71 Å². The van der Waals surface area contributed by atoms with Crippen molar-refractivity contribution in [3.63, 3.8) is 0 Å². The van der Waals surface area contributed by atoms with Crippen LogP contribution in [0.3, 0.4) is 0 Å². The summed E-state index contributed by atoms with van der Waals surface area (Å²) < 4.78 is 34.7. The maximum atomic E-state index is 13.3. The number of nitrogens with zero attached hydrogens (tertiary/aromatic N) is 2. The molecule has 3 aliphatic rings. The number of sulfonamides is 1. The number of hydrogen-bond donors (Lipinski definition) is 3. The van der Waals surface area contributed by atoms with Crippen LogP contribution in [-0.2, 0) is 14.8 Å². The summed E-state index contributed by atoms with van der Waals surface area (Å²) in [6.45, 7) is 7.84. The van der Waals surface area contributed by atoms with Gasteiger partial charge in [-0.25, -0.2) is 9.71 Å². The number of carbonyl (C=O) groups is 1. The normalized spacial score (nSPS) is 23.8. The van der Waals surface area contributed by atoms with Crippen molar-refractivity contribution in [2.75, 3.05) is 23.3 Å². The molecule has 2 saturated carbocycles. The molecule has 226 valence electrons. The molecule has 3 N–H and O–H groups in total. The molecule has 2 heterocycles. The summed E-state index contributed by atoms with van der Waals surface area (Å²) in [7, 11) is -4.24. The summed E-state index contributed by atoms with van der Waals surface area (Å²) in [6, 6.07) is 10.2. The van der Waals surface area contributed by atoms with E-state index in [4.69, 9.17) is 16.3 Å². The minimum atomic E-state index is -4.24. The number of nitrogens with one attached hydrogen (secondary N) is 2. The van der Waals surface area contributed by atoms with Crippen molar-refractivity contribution < 1.29 is 23.1 Å². The molecule has 12 heteroatoms. The Balaban J connectivity index is 0.00000387. The number of aromatic nitrogens is 1. The smallest absolute Gasteiger partial charge is 0.281 e. The van der Waals surface area contributed by atoms with Crippen molar-refractivity contribution in [3.8, 4) is 5.75 Å². The fourth-order valence-electron chi connectivity index (χ4n) is 5.67. The summed E-state index contributed by atoms with van der Waals surface area (Å²) in [4.78, 5) is 19.4. The molecule has 0 spiro atoms. The highest BCUT2D eigenvalue weighted by Gasteiger charge is 2.54. The van der Waals surface area contributed by atoms with Gasteiger partial charge in [0.05, 0.1) is 11.8 Å². The van der Waals surface area contributed by atoms with E-state index >= 15 is 0 Å². The van der Waals surface area contributed by atoms with Crippen molar-refractivity contribution >= 4 is 52.5 Å². The molecule has 1 aromatic heterocycles.